The van der Waals surface area contributed by atoms with Gasteiger partial charge >= 0.3 is 0 Å². The molecule has 0 N–H and O–H groups in total. The van der Waals surface area contributed by atoms with Gasteiger partial charge in [0, 0.05) is 12.1 Å². The molecule has 0 amide bonds. The quantitative estimate of drug-likeness (QED) is 0.280. The van der Waals surface area contributed by atoms with Gasteiger partial charge in [-0.3, -0.25) is 9.98 Å². The molecule has 0 heterocycles. The number of rotatable bonds is 12. The summed E-state index contributed by atoms with van der Waals surface area (Å²) in [5.74, 6) is 0. The van der Waals surface area contributed by atoms with Crippen molar-refractivity contribution in [1.29, 1.82) is 0 Å². The van der Waals surface area contributed by atoms with E-state index in [2.05, 4.69) is 52.0 Å². The van der Waals surface area contributed by atoms with Crippen molar-refractivity contribution in [2.24, 2.45) is 9.98 Å². The molecule has 2 nitrogen and oxygen atoms in total. The van der Waals surface area contributed by atoms with Gasteiger partial charge in [0.15, 0.2) is 0 Å². The topological polar surface area (TPSA) is 24.7 Å². The lowest BCUT2D eigenvalue weighted by molar-refractivity contribution is 0.577. The van der Waals surface area contributed by atoms with E-state index >= 15 is 0 Å². The zero-order valence-corrected chi connectivity index (χ0v) is 16.4. The summed E-state index contributed by atoms with van der Waals surface area (Å²) < 4.78 is 0. The molecule has 1 rings (SSSR count). The van der Waals surface area contributed by atoms with Crippen LogP contribution in [0.5, 0.6) is 0 Å². The molecule has 1 aliphatic carbocycles. The van der Waals surface area contributed by atoms with Crippen molar-refractivity contribution in [2.75, 3.05) is 0 Å². The molecule has 2 heteroatoms. The first-order chi connectivity index (χ1) is 11.7. The van der Waals surface area contributed by atoms with Gasteiger partial charge in [0.1, 0.15) is 0 Å². The van der Waals surface area contributed by atoms with Crippen LogP contribution in [0.3, 0.4) is 0 Å². The molecule has 0 aliphatic heterocycles. The maximum absolute atomic E-state index is 4.81. The van der Waals surface area contributed by atoms with Crippen LogP contribution >= 0.6 is 0 Å². The third kappa shape index (κ3) is 9.85. The van der Waals surface area contributed by atoms with Crippen LogP contribution in [0.15, 0.2) is 34.3 Å². The minimum Gasteiger partial charge on any atom is -0.282 e. The second-order valence-electron chi connectivity index (χ2n) is 7.17. The lowest BCUT2D eigenvalue weighted by Crippen LogP contribution is -2.08. The van der Waals surface area contributed by atoms with Gasteiger partial charge in [-0.2, -0.15) is 0 Å². The Hall–Kier alpha value is -1.18. The number of hydrogen-bond donors (Lipinski definition) is 0. The smallest absolute Gasteiger partial charge is 0.0579 e. The fourth-order valence-electron chi connectivity index (χ4n) is 3.00. The molecule has 1 aliphatic rings. The molecule has 0 bridgehead atoms. The Labute approximate surface area is 150 Å². The number of hydrogen-bond acceptors (Lipinski definition) is 2. The highest BCUT2D eigenvalue weighted by atomic mass is 14.8. The second kappa shape index (κ2) is 13.1. The van der Waals surface area contributed by atoms with Gasteiger partial charge in [-0.1, -0.05) is 65.2 Å². The molecule has 0 aromatic carbocycles. The zero-order valence-electron chi connectivity index (χ0n) is 16.4. The fourth-order valence-corrected chi connectivity index (χ4v) is 3.00. The Morgan fingerprint density at radius 3 is 1.33 bits per heavy atom. The van der Waals surface area contributed by atoms with E-state index in [-0.39, 0.29) is 0 Å². The highest BCUT2D eigenvalue weighted by Crippen LogP contribution is 2.11. The lowest BCUT2D eigenvalue weighted by Gasteiger charge is -2.10. The van der Waals surface area contributed by atoms with Gasteiger partial charge in [-0.05, 0) is 51.0 Å². The summed E-state index contributed by atoms with van der Waals surface area (Å²) in [6.45, 7) is 8.96. The minimum absolute atomic E-state index is 0.419. The van der Waals surface area contributed by atoms with Gasteiger partial charge in [0.05, 0.1) is 11.4 Å². The Kier molecular flexibility index (Phi) is 11.4. The zero-order chi connectivity index (χ0) is 17.6. The summed E-state index contributed by atoms with van der Waals surface area (Å²) >= 11 is 0. The fraction of sp³-hybridized carbons (Fsp3) is 0.727. The number of unbranched alkanes of at least 4 members (excludes halogenated alkanes) is 6. The summed E-state index contributed by atoms with van der Waals surface area (Å²) in [4.78, 5) is 9.61. The Morgan fingerprint density at radius 2 is 1.00 bits per heavy atom. The van der Waals surface area contributed by atoms with Crippen molar-refractivity contribution in [3.8, 4) is 0 Å². The molecule has 0 saturated heterocycles. The monoisotopic (exact) mass is 330 g/mol. The van der Waals surface area contributed by atoms with E-state index in [4.69, 9.17) is 9.98 Å². The van der Waals surface area contributed by atoms with Crippen LogP contribution < -0.4 is 0 Å². The van der Waals surface area contributed by atoms with E-state index in [1.54, 1.807) is 0 Å². The van der Waals surface area contributed by atoms with Crippen LogP contribution in [0, 0.1) is 0 Å². The summed E-state index contributed by atoms with van der Waals surface area (Å²) in [6, 6.07) is 0.837. The summed E-state index contributed by atoms with van der Waals surface area (Å²) in [7, 11) is 0. The maximum atomic E-state index is 4.81. The second-order valence-corrected chi connectivity index (χ2v) is 7.17. The molecule has 24 heavy (non-hydrogen) atoms. The van der Waals surface area contributed by atoms with Gasteiger partial charge in [0.2, 0.25) is 0 Å². The number of allylic oxidation sites excluding steroid dienone is 4. The van der Waals surface area contributed by atoms with Crippen LogP contribution in [-0.2, 0) is 0 Å². The summed E-state index contributed by atoms with van der Waals surface area (Å²) in [6.07, 6.45) is 21.4. The van der Waals surface area contributed by atoms with E-state index in [1.807, 2.05) is 0 Å². The van der Waals surface area contributed by atoms with E-state index < -0.39 is 0 Å². The first-order valence-corrected chi connectivity index (χ1v) is 10.2. The van der Waals surface area contributed by atoms with E-state index in [0.717, 1.165) is 11.4 Å². The molecular weight excluding hydrogens is 292 g/mol. The average Bonchev–Trinajstić information content (AvgIpc) is 2.57. The maximum Gasteiger partial charge on any atom is 0.0579 e. The summed E-state index contributed by atoms with van der Waals surface area (Å²) in [5, 5.41) is 0. The molecule has 0 saturated carbocycles. The predicted octanol–water partition coefficient (Wildman–Crippen LogP) is 6.71. The summed E-state index contributed by atoms with van der Waals surface area (Å²) in [5.41, 5.74) is 2.18. The van der Waals surface area contributed by atoms with E-state index in [1.165, 1.54) is 64.2 Å². The van der Waals surface area contributed by atoms with Crippen molar-refractivity contribution < 1.29 is 0 Å². The standard InChI is InChI=1S/C22H38N2/c1-5-7-9-11-13-19(3)23-21-15-17-22(18-16-21)24-20(4)14-12-10-8-6-2/h15-20H,5-14H2,1-4H3. The number of nitrogens with zero attached hydrogens (tertiary/aromatic N) is 2. The molecule has 0 fully saturated rings. The first kappa shape index (κ1) is 20.9. The van der Waals surface area contributed by atoms with Gasteiger partial charge < -0.3 is 0 Å². The highest BCUT2D eigenvalue weighted by molar-refractivity contribution is 6.18. The Bertz CT molecular complexity index is 385. The lowest BCUT2D eigenvalue weighted by atomic mass is 10.1. The van der Waals surface area contributed by atoms with Gasteiger partial charge in [-0.25, -0.2) is 0 Å². The highest BCUT2D eigenvalue weighted by Gasteiger charge is 2.05. The minimum atomic E-state index is 0.419. The normalized spacial score (nSPS) is 16.3. The predicted molar refractivity (Wildman–Crippen MR) is 110 cm³/mol. The molecule has 2 unspecified atom stereocenters. The molecule has 0 aromatic heterocycles. The number of aliphatic imine (C=N–C) groups is 2. The van der Waals surface area contributed by atoms with Crippen LogP contribution in [0.2, 0.25) is 0 Å². The molecule has 0 radical (unpaired) electrons. The van der Waals surface area contributed by atoms with Crippen LogP contribution in [0.25, 0.3) is 0 Å². The van der Waals surface area contributed by atoms with Crippen LogP contribution in [0.4, 0.5) is 0 Å². The third-order valence-electron chi connectivity index (χ3n) is 4.54. The van der Waals surface area contributed by atoms with Crippen LogP contribution in [-0.4, -0.2) is 23.5 Å². The molecule has 2 atom stereocenters. The van der Waals surface area contributed by atoms with Crippen molar-refractivity contribution >= 4 is 11.4 Å². The third-order valence-corrected chi connectivity index (χ3v) is 4.54. The SMILES string of the molecule is CCCCCCC(C)N=C1C=CC(=NC(C)CCCCCC)C=C1. The van der Waals surface area contributed by atoms with Crippen molar-refractivity contribution in [3.63, 3.8) is 0 Å². The van der Waals surface area contributed by atoms with Crippen molar-refractivity contribution in [3.05, 3.63) is 24.3 Å². The Balaban J connectivity index is 2.35. The molecular formula is C22H38N2. The first-order valence-electron chi connectivity index (χ1n) is 10.2. The Morgan fingerprint density at radius 1 is 0.625 bits per heavy atom. The molecule has 0 spiro atoms. The molecule has 0 aromatic rings. The van der Waals surface area contributed by atoms with Crippen LogP contribution in [0.1, 0.15) is 91.9 Å². The van der Waals surface area contributed by atoms with Crippen molar-refractivity contribution in [1.82, 2.24) is 0 Å². The van der Waals surface area contributed by atoms with Crippen molar-refractivity contribution in [2.45, 2.75) is 104 Å². The average molecular weight is 331 g/mol. The molecule has 136 valence electrons. The van der Waals surface area contributed by atoms with Gasteiger partial charge in [0.25, 0.3) is 0 Å². The van der Waals surface area contributed by atoms with E-state index in [0.29, 0.717) is 12.1 Å². The van der Waals surface area contributed by atoms with E-state index in [9.17, 15) is 0 Å². The van der Waals surface area contributed by atoms with Gasteiger partial charge in [-0.15, -0.1) is 0 Å². The largest absolute Gasteiger partial charge is 0.282 e.